The minimum Gasteiger partial charge on any atom is -0.296 e. The lowest BCUT2D eigenvalue weighted by Crippen LogP contribution is -2.32. The van der Waals surface area contributed by atoms with Crippen LogP contribution in [0.1, 0.15) is 37.6 Å². The van der Waals surface area contributed by atoms with Gasteiger partial charge in [0.25, 0.3) is 5.91 Å². The van der Waals surface area contributed by atoms with E-state index >= 15 is 0 Å². The fraction of sp³-hybridized carbons (Fsp3) is 0.438. The van der Waals surface area contributed by atoms with Crippen LogP contribution in [-0.4, -0.2) is 42.6 Å². The molecule has 0 radical (unpaired) electrons. The van der Waals surface area contributed by atoms with Gasteiger partial charge in [-0.2, -0.15) is 0 Å². The first kappa shape index (κ1) is 20.7. The standard InChI is InChI=1S/C16H22N4O3S3/c1-4-11-24-16-19-18-15(25-16)17-14(21)12-7-9-13(10-8-12)20(5-2)26(22,23)6-3/h7-10H,4-6,11H2,1-3H3,(H,17,18,21). The first-order valence-electron chi connectivity index (χ1n) is 8.29. The van der Waals surface area contributed by atoms with E-state index in [4.69, 9.17) is 0 Å². The van der Waals surface area contributed by atoms with Crippen LogP contribution in [0, 0.1) is 0 Å². The van der Waals surface area contributed by atoms with Gasteiger partial charge in [-0.15, -0.1) is 10.2 Å². The number of hydrogen-bond acceptors (Lipinski definition) is 7. The molecule has 1 aromatic carbocycles. The third-order valence-corrected chi connectivity index (χ3v) is 7.51. The predicted molar refractivity (Wildman–Crippen MR) is 108 cm³/mol. The first-order chi connectivity index (χ1) is 12.4. The second-order valence-electron chi connectivity index (χ2n) is 5.29. The maximum Gasteiger partial charge on any atom is 0.257 e. The Hall–Kier alpha value is -1.65. The molecule has 0 aliphatic carbocycles. The van der Waals surface area contributed by atoms with E-state index in [9.17, 15) is 13.2 Å². The van der Waals surface area contributed by atoms with E-state index in [2.05, 4.69) is 22.4 Å². The maximum absolute atomic E-state index is 12.3. The van der Waals surface area contributed by atoms with Gasteiger partial charge in [-0.3, -0.25) is 14.4 Å². The number of benzene rings is 1. The molecule has 7 nitrogen and oxygen atoms in total. The molecule has 2 aromatic rings. The maximum atomic E-state index is 12.3. The Bertz CT molecular complexity index is 835. The van der Waals surface area contributed by atoms with E-state index < -0.39 is 10.0 Å². The summed E-state index contributed by atoms with van der Waals surface area (Å²) in [5.41, 5.74) is 0.969. The number of nitrogens with one attached hydrogen (secondary N) is 1. The van der Waals surface area contributed by atoms with Crippen molar-refractivity contribution in [2.45, 2.75) is 31.5 Å². The summed E-state index contributed by atoms with van der Waals surface area (Å²) in [5.74, 6) is 0.679. The first-order valence-corrected chi connectivity index (χ1v) is 11.7. The van der Waals surface area contributed by atoms with Crippen molar-refractivity contribution in [3.8, 4) is 0 Å². The Balaban J connectivity index is 2.07. The van der Waals surface area contributed by atoms with Gasteiger partial charge < -0.3 is 0 Å². The molecular formula is C16H22N4O3S3. The van der Waals surface area contributed by atoms with Gasteiger partial charge in [0.15, 0.2) is 4.34 Å². The second-order valence-corrected chi connectivity index (χ2v) is 9.79. The molecule has 26 heavy (non-hydrogen) atoms. The van der Waals surface area contributed by atoms with Gasteiger partial charge in [-0.25, -0.2) is 8.42 Å². The van der Waals surface area contributed by atoms with Crippen molar-refractivity contribution in [1.82, 2.24) is 10.2 Å². The number of aromatic nitrogens is 2. The SMILES string of the molecule is CCCSc1nnc(NC(=O)c2ccc(N(CC)S(=O)(=O)CC)cc2)s1. The van der Waals surface area contributed by atoms with Gasteiger partial charge in [-0.1, -0.05) is 30.0 Å². The van der Waals surface area contributed by atoms with E-state index in [1.807, 2.05) is 0 Å². The summed E-state index contributed by atoms with van der Waals surface area (Å²) in [7, 11) is -3.34. The van der Waals surface area contributed by atoms with Crippen molar-refractivity contribution in [2.24, 2.45) is 0 Å². The van der Waals surface area contributed by atoms with Crippen LogP contribution in [0.25, 0.3) is 0 Å². The number of carbonyl (C=O) groups is 1. The number of nitrogens with zero attached hydrogens (tertiary/aromatic N) is 3. The zero-order valence-corrected chi connectivity index (χ0v) is 17.4. The molecule has 142 valence electrons. The molecule has 10 heteroatoms. The number of hydrogen-bond donors (Lipinski definition) is 1. The summed E-state index contributed by atoms with van der Waals surface area (Å²) >= 11 is 2.94. The minimum absolute atomic E-state index is 0.0263. The molecule has 1 amide bonds. The van der Waals surface area contributed by atoms with E-state index in [1.165, 1.54) is 15.6 Å². The third kappa shape index (κ3) is 5.18. The van der Waals surface area contributed by atoms with Crippen LogP contribution >= 0.6 is 23.1 Å². The Kier molecular flexibility index (Phi) is 7.42. The number of thioether (sulfide) groups is 1. The normalized spacial score (nSPS) is 11.3. The average molecular weight is 415 g/mol. The molecule has 1 heterocycles. The monoisotopic (exact) mass is 414 g/mol. The fourth-order valence-corrected chi connectivity index (χ4v) is 4.97. The molecule has 1 N–H and O–H groups in total. The molecule has 0 aliphatic heterocycles. The zero-order valence-electron chi connectivity index (χ0n) is 14.9. The molecule has 0 saturated carbocycles. The van der Waals surface area contributed by atoms with Crippen molar-refractivity contribution in [3.05, 3.63) is 29.8 Å². The summed E-state index contributed by atoms with van der Waals surface area (Å²) in [6, 6.07) is 6.47. The lowest BCUT2D eigenvalue weighted by molar-refractivity contribution is 0.102. The van der Waals surface area contributed by atoms with Crippen LogP contribution in [0.4, 0.5) is 10.8 Å². The van der Waals surface area contributed by atoms with Crippen molar-refractivity contribution in [1.29, 1.82) is 0 Å². The highest BCUT2D eigenvalue weighted by Crippen LogP contribution is 2.26. The predicted octanol–water partition coefficient (Wildman–Crippen LogP) is 3.47. The number of amides is 1. The van der Waals surface area contributed by atoms with Crippen molar-refractivity contribution in [2.75, 3.05) is 27.7 Å². The molecule has 0 unspecified atom stereocenters. The smallest absolute Gasteiger partial charge is 0.257 e. The number of carbonyl (C=O) groups excluding carboxylic acids is 1. The van der Waals surface area contributed by atoms with Gasteiger partial charge in [0, 0.05) is 17.9 Å². The highest BCUT2D eigenvalue weighted by Gasteiger charge is 2.19. The quantitative estimate of drug-likeness (QED) is 0.499. The Labute approximate surface area is 162 Å². The van der Waals surface area contributed by atoms with Crippen molar-refractivity contribution in [3.63, 3.8) is 0 Å². The molecule has 2 rings (SSSR count). The molecule has 0 bridgehead atoms. The Morgan fingerprint density at radius 1 is 1.19 bits per heavy atom. The second kappa shape index (κ2) is 9.33. The van der Waals surface area contributed by atoms with Crippen molar-refractivity contribution >= 4 is 49.8 Å². The lowest BCUT2D eigenvalue weighted by Gasteiger charge is -2.22. The largest absolute Gasteiger partial charge is 0.296 e. The topological polar surface area (TPSA) is 92.3 Å². The molecule has 0 saturated heterocycles. The van der Waals surface area contributed by atoms with E-state index in [1.54, 1.807) is 49.9 Å². The van der Waals surface area contributed by atoms with Gasteiger partial charge in [0.2, 0.25) is 15.2 Å². The third-order valence-electron chi connectivity index (χ3n) is 3.46. The molecule has 0 aliphatic rings. The lowest BCUT2D eigenvalue weighted by atomic mass is 10.2. The van der Waals surface area contributed by atoms with Gasteiger partial charge in [0.05, 0.1) is 11.4 Å². The van der Waals surface area contributed by atoms with Crippen molar-refractivity contribution < 1.29 is 13.2 Å². The van der Waals surface area contributed by atoms with Crippen LogP contribution in [0.15, 0.2) is 28.6 Å². The van der Waals surface area contributed by atoms with E-state index in [-0.39, 0.29) is 11.7 Å². The van der Waals surface area contributed by atoms with Gasteiger partial charge in [-0.05, 0) is 44.5 Å². The molecule has 0 atom stereocenters. The molecular weight excluding hydrogens is 392 g/mol. The zero-order chi connectivity index (χ0) is 19.2. The highest BCUT2D eigenvalue weighted by molar-refractivity contribution is 8.01. The summed E-state index contributed by atoms with van der Waals surface area (Å²) in [4.78, 5) is 12.3. The molecule has 0 fully saturated rings. The summed E-state index contributed by atoms with van der Waals surface area (Å²) in [5, 5.41) is 11.2. The van der Waals surface area contributed by atoms with Gasteiger partial charge in [0.1, 0.15) is 0 Å². The number of rotatable bonds is 9. The van der Waals surface area contributed by atoms with Crippen LogP contribution in [-0.2, 0) is 10.0 Å². The molecule has 1 aromatic heterocycles. The highest BCUT2D eigenvalue weighted by atomic mass is 32.2. The van der Waals surface area contributed by atoms with Crippen LogP contribution in [0.5, 0.6) is 0 Å². The summed E-state index contributed by atoms with van der Waals surface area (Å²) in [6.45, 7) is 5.81. The Morgan fingerprint density at radius 3 is 2.46 bits per heavy atom. The van der Waals surface area contributed by atoms with Crippen LogP contribution in [0.3, 0.4) is 0 Å². The van der Waals surface area contributed by atoms with Crippen LogP contribution in [0.2, 0.25) is 0 Å². The fourth-order valence-electron chi connectivity index (χ4n) is 2.15. The summed E-state index contributed by atoms with van der Waals surface area (Å²) < 4.78 is 26.3. The number of sulfonamides is 1. The average Bonchev–Trinajstić information content (AvgIpc) is 3.08. The van der Waals surface area contributed by atoms with E-state index in [0.29, 0.717) is 22.9 Å². The van der Waals surface area contributed by atoms with Gasteiger partial charge >= 0.3 is 0 Å². The number of anilines is 2. The van der Waals surface area contributed by atoms with E-state index in [0.717, 1.165) is 16.5 Å². The Morgan fingerprint density at radius 2 is 1.88 bits per heavy atom. The molecule has 0 spiro atoms. The minimum atomic E-state index is -3.34. The van der Waals surface area contributed by atoms with Crippen LogP contribution < -0.4 is 9.62 Å². The summed E-state index contributed by atoms with van der Waals surface area (Å²) in [6.07, 6.45) is 1.04.